The van der Waals surface area contributed by atoms with Gasteiger partial charge in [0.15, 0.2) is 17.2 Å². The highest BCUT2D eigenvalue weighted by Gasteiger charge is 2.29. The standard InChI is InChI=1S/C20H19N2O2S.BrH/c1-2-5-16(6-3-1)22-14-17(21-9-4-12-25-20(21)22)15-7-8-18-19(13-15)24-11-10-23-18;/h1-3,5-8,13-14H,4,9-12H2;1H/q+1;/p-1. The third kappa shape index (κ3) is 3.01. The second kappa shape index (κ2) is 7.37. The number of imidazole rings is 1. The molecule has 2 aromatic carbocycles. The molecule has 26 heavy (non-hydrogen) atoms. The Kier molecular flexibility index (Phi) is 4.96. The van der Waals surface area contributed by atoms with Crippen molar-refractivity contribution in [2.45, 2.75) is 18.1 Å². The van der Waals surface area contributed by atoms with E-state index >= 15 is 0 Å². The van der Waals surface area contributed by atoms with Crippen molar-refractivity contribution in [3.05, 3.63) is 54.7 Å². The molecule has 0 saturated heterocycles. The van der Waals surface area contributed by atoms with Gasteiger partial charge in [-0.2, -0.15) is 4.57 Å². The van der Waals surface area contributed by atoms with Crippen LogP contribution in [0.5, 0.6) is 11.5 Å². The van der Waals surface area contributed by atoms with Crippen LogP contribution in [-0.2, 0) is 6.54 Å². The molecular formula is C20H19BrN2O2S. The molecule has 0 atom stereocenters. The number of fused-ring (bicyclic) bond motifs is 2. The van der Waals surface area contributed by atoms with Crippen molar-refractivity contribution in [2.75, 3.05) is 19.0 Å². The fourth-order valence-electron chi connectivity index (χ4n) is 3.44. The number of rotatable bonds is 2. The van der Waals surface area contributed by atoms with Crippen molar-refractivity contribution in [2.24, 2.45) is 0 Å². The van der Waals surface area contributed by atoms with Crippen LogP contribution in [0.25, 0.3) is 16.9 Å². The van der Waals surface area contributed by atoms with Gasteiger partial charge in [-0.15, -0.1) is 0 Å². The van der Waals surface area contributed by atoms with E-state index in [-0.39, 0.29) is 17.0 Å². The maximum atomic E-state index is 5.77. The van der Waals surface area contributed by atoms with E-state index in [0.29, 0.717) is 13.2 Å². The molecule has 0 spiro atoms. The lowest BCUT2D eigenvalue weighted by atomic mass is 10.1. The monoisotopic (exact) mass is 430 g/mol. The number of benzene rings is 2. The first-order chi connectivity index (χ1) is 12.4. The van der Waals surface area contributed by atoms with Gasteiger partial charge in [0.05, 0.1) is 6.54 Å². The summed E-state index contributed by atoms with van der Waals surface area (Å²) in [4.78, 5) is 0. The van der Waals surface area contributed by atoms with Crippen molar-refractivity contribution in [1.29, 1.82) is 0 Å². The molecule has 6 heteroatoms. The maximum Gasteiger partial charge on any atom is 0.323 e. The molecule has 4 nitrogen and oxygen atoms in total. The highest BCUT2D eigenvalue weighted by atomic mass is 79.9. The van der Waals surface area contributed by atoms with Crippen LogP contribution in [-0.4, -0.2) is 23.5 Å². The predicted octanol–water partition coefficient (Wildman–Crippen LogP) is 0.703. The average Bonchev–Trinajstić information content (AvgIpc) is 3.08. The molecule has 0 bridgehead atoms. The van der Waals surface area contributed by atoms with Gasteiger partial charge < -0.3 is 26.5 Å². The first kappa shape index (κ1) is 17.5. The van der Waals surface area contributed by atoms with Crippen LogP contribution in [0, 0.1) is 0 Å². The lowest BCUT2D eigenvalue weighted by Crippen LogP contribution is -3.00. The largest absolute Gasteiger partial charge is 1.00 e. The fraction of sp³-hybridized carbons (Fsp3) is 0.250. The minimum absolute atomic E-state index is 0. The van der Waals surface area contributed by atoms with E-state index in [4.69, 9.17) is 9.47 Å². The van der Waals surface area contributed by atoms with Gasteiger partial charge in [0.2, 0.25) is 0 Å². The number of aromatic nitrogens is 2. The van der Waals surface area contributed by atoms with E-state index in [1.54, 1.807) is 0 Å². The third-order valence-corrected chi connectivity index (χ3v) is 5.78. The van der Waals surface area contributed by atoms with Crippen molar-refractivity contribution < 1.29 is 31.0 Å². The highest BCUT2D eigenvalue weighted by molar-refractivity contribution is 7.99. The Hall–Kier alpha value is -1.92. The van der Waals surface area contributed by atoms with E-state index in [9.17, 15) is 0 Å². The predicted molar refractivity (Wildman–Crippen MR) is 97.7 cm³/mol. The summed E-state index contributed by atoms with van der Waals surface area (Å²) in [5.74, 6) is 2.84. The molecule has 3 aromatic rings. The van der Waals surface area contributed by atoms with E-state index < -0.39 is 0 Å². The van der Waals surface area contributed by atoms with Gasteiger partial charge in [0, 0.05) is 11.3 Å². The Bertz CT molecular complexity index is 927. The Morgan fingerprint density at radius 1 is 0.962 bits per heavy atom. The smallest absolute Gasteiger partial charge is 0.323 e. The van der Waals surface area contributed by atoms with Crippen LogP contribution in [0.15, 0.2) is 59.9 Å². The molecule has 134 valence electrons. The summed E-state index contributed by atoms with van der Waals surface area (Å²) in [7, 11) is 0. The average molecular weight is 431 g/mol. The van der Waals surface area contributed by atoms with Gasteiger partial charge in [0.1, 0.15) is 25.1 Å². The van der Waals surface area contributed by atoms with Gasteiger partial charge in [-0.1, -0.05) is 18.2 Å². The number of hydrogen-bond donors (Lipinski definition) is 0. The van der Waals surface area contributed by atoms with Gasteiger partial charge in [-0.05, 0) is 48.5 Å². The molecule has 5 rings (SSSR count). The van der Waals surface area contributed by atoms with E-state index in [2.05, 4.69) is 57.8 Å². The molecule has 0 N–H and O–H groups in total. The molecule has 0 saturated carbocycles. The SMILES string of the molecule is [Br-].c1ccc(-n2cc(-c3ccc4c(c3)OCCO4)[n+]3c2SCCC3)cc1. The first-order valence-electron chi connectivity index (χ1n) is 8.63. The quantitative estimate of drug-likeness (QED) is 0.560. The Labute approximate surface area is 167 Å². The third-order valence-electron chi connectivity index (χ3n) is 4.61. The molecule has 3 heterocycles. The van der Waals surface area contributed by atoms with Crippen molar-refractivity contribution in [1.82, 2.24) is 4.57 Å². The lowest BCUT2D eigenvalue weighted by Gasteiger charge is -2.18. The summed E-state index contributed by atoms with van der Waals surface area (Å²) >= 11 is 1.92. The summed E-state index contributed by atoms with van der Waals surface area (Å²) in [6.07, 6.45) is 3.44. The number of hydrogen-bond acceptors (Lipinski definition) is 3. The van der Waals surface area contributed by atoms with Gasteiger partial charge >= 0.3 is 5.16 Å². The van der Waals surface area contributed by atoms with Crippen molar-refractivity contribution in [3.63, 3.8) is 0 Å². The Morgan fingerprint density at radius 2 is 1.77 bits per heavy atom. The zero-order chi connectivity index (χ0) is 16.6. The van der Waals surface area contributed by atoms with Gasteiger partial charge in [-0.3, -0.25) is 0 Å². The zero-order valence-corrected chi connectivity index (χ0v) is 16.6. The molecule has 0 radical (unpaired) electrons. The van der Waals surface area contributed by atoms with Crippen LogP contribution in [0.3, 0.4) is 0 Å². The molecule has 1 aromatic heterocycles. The number of halogens is 1. The van der Waals surface area contributed by atoms with Crippen LogP contribution in [0.1, 0.15) is 6.42 Å². The van der Waals surface area contributed by atoms with E-state index in [1.165, 1.54) is 28.5 Å². The second-order valence-corrected chi connectivity index (χ2v) is 7.28. The molecule has 0 unspecified atom stereocenters. The summed E-state index contributed by atoms with van der Waals surface area (Å²) in [6.45, 7) is 2.28. The van der Waals surface area contributed by atoms with Gasteiger partial charge in [-0.25, -0.2) is 4.57 Å². The van der Waals surface area contributed by atoms with Crippen LogP contribution in [0.4, 0.5) is 0 Å². The van der Waals surface area contributed by atoms with Crippen LogP contribution in [0.2, 0.25) is 0 Å². The van der Waals surface area contributed by atoms with Crippen LogP contribution >= 0.6 is 11.8 Å². The molecular weight excluding hydrogens is 412 g/mol. The lowest BCUT2D eigenvalue weighted by molar-refractivity contribution is -0.724. The molecule has 2 aliphatic heterocycles. The minimum Gasteiger partial charge on any atom is -1.00 e. The number of thioether (sulfide) groups is 1. The molecule has 2 aliphatic rings. The maximum absolute atomic E-state index is 5.77. The second-order valence-electron chi connectivity index (χ2n) is 6.21. The normalized spacial score (nSPS) is 15.1. The van der Waals surface area contributed by atoms with Crippen molar-refractivity contribution >= 4 is 11.8 Å². The topological polar surface area (TPSA) is 27.3 Å². The molecule has 0 aliphatic carbocycles. The van der Waals surface area contributed by atoms with E-state index in [0.717, 1.165) is 23.8 Å². The summed E-state index contributed by atoms with van der Waals surface area (Å²) in [5.41, 5.74) is 3.59. The number of nitrogens with zero attached hydrogens (tertiary/aromatic N) is 2. The summed E-state index contributed by atoms with van der Waals surface area (Å²) in [5, 5.41) is 1.29. The highest BCUT2D eigenvalue weighted by Crippen LogP contribution is 2.35. The summed E-state index contributed by atoms with van der Waals surface area (Å²) in [6, 6.07) is 16.8. The van der Waals surface area contributed by atoms with Crippen molar-refractivity contribution in [3.8, 4) is 28.4 Å². The summed E-state index contributed by atoms with van der Waals surface area (Å²) < 4.78 is 16.2. The fourth-order valence-corrected chi connectivity index (χ4v) is 4.54. The van der Waals surface area contributed by atoms with E-state index in [1.807, 2.05) is 17.8 Å². The number of para-hydroxylation sites is 1. The Balaban J connectivity index is 0.00000168. The first-order valence-corrected chi connectivity index (χ1v) is 9.62. The van der Waals surface area contributed by atoms with Crippen LogP contribution < -0.4 is 31.0 Å². The minimum atomic E-state index is 0. The molecule has 0 amide bonds. The molecule has 0 fully saturated rings. The Morgan fingerprint density at radius 3 is 2.62 bits per heavy atom. The van der Waals surface area contributed by atoms with Gasteiger partial charge in [0.25, 0.3) is 0 Å². The zero-order valence-electron chi connectivity index (χ0n) is 14.2. The number of ether oxygens (including phenoxy) is 2.